The molecule has 0 bridgehead atoms. The number of nitrogens with zero attached hydrogens (tertiary/aromatic N) is 5. The molecule has 1 aromatic carbocycles. The van der Waals surface area contributed by atoms with Gasteiger partial charge in [-0.25, -0.2) is 4.99 Å². The van der Waals surface area contributed by atoms with Crippen LogP contribution in [0.4, 0.5) is 0 Å². The van der Waals surface area contributed by atoms with Crippen LogP contribution < -0.4 is 10.1 Å². The molecule has 2 aliphatic rings. The number of benzene rings is 1. The molecular weight excluding hydrogens is 503 g/mol. The minimum Gasteiger partial charge on any atom is -0.497 e. The Balaban J connectivity index is 0.00000272. The number of hydrogen-bond acceptors (Lipinski definition) is 4. The first-order chi connectivity index (χ1) is 14.6. The molecule has 2 aromatic rings. The van der Waals surface area contributed by atoms with E-state index in [4.69, 9.17) is 9.73 Å². The molecule has 1 aliphatic carbocycles. The van der Waals surface area contributed by atoms with Crippen LogP contribution in [0.2, 0.25) is 0 Å². The van der Waals surface area contributed by atoms with Gasteiger partial charge in [-0.1, -0.05) is 31.4 Å². The lowest BCUT2D eigenvalue weighted by Gasteiger charge is -2.33. The van der Waals surface area contributed by atoms with Gasteiger partial charge in [0.25, 0.3) is 0 Å². The number of ether oxygens (including phenoxy) is 1. The Morgan fingerprint density at radius 3 is 2.52 bits per heavy atom. The van der Waals surface area contributed by atoms with Crippen LogP contribution in [0.3, 0.4) is 0 Å². The van der Waals surface area contributed by atoms with Crippen molar-refractivity contribution < 1.29 is 4.74 Å². The fraction of sp³-hybridized carbons (Fsp3) is 0.609. The van der Waals surface area contributed by atoms with Crippen LogP contribution in [-0.4, -0.2) is 45.8 Å². The first kappa shape index (κ1) is 23.8. The van der Waals surface area contributed by atoms with Crippen LogP contribution in [0.5, 0.6) is 5.75 Å². The molecule has 1 spiro atoms. The molecule has 0 amide bonds. The predicted octanol–water partition coefficient (Wildman–Crippen LogP) is 4.05. The third-order valence-corrected chi connectivity index (χ3v) is 6.81. The highest BCUT2D eigenvalue weighted by Crippen LogP contribution is 2.43. The van der Waals surface area contributed by atoms with Gasteiger partial charge in [0.15, 0.2) is 11.8 Å². The fourth-order valence-electron chi connectivity index (χ4n) is 4.75. The molecule has 2 fully saturated rings. The van der Waals surface area contributed by atoms with Crippen LogP contribution in [-0.2, 0) is 20.1 Å². The summed E-state index contributed by atoms with van der Waals surface area (Å²) in [6.45, 7) is 5.43. The third kappa shape index (κ3) is 5.70. The summed E-state index contributed by atoms with van der Waals surface area (Å²) in [6.07, 6.45) is 8.13. The van der Waals surface area contributed by atoms with Crippen molar-refractivity contribution in [1.29, 1.82) is 0 Å². The molecule has 0 atom stereocenters. The van der Waals surface area contributed by atoms with Gasteiger partial charge in [-0.2, -0.15) is 0 Å². The molecule has 31 heavy (non-hydrogen) atoms. The number of aryl methyl sites for hydroxylation is 1. The zero-order valence-electron chi connectivity index (χ0n) is 18.9. The Morgan fingerprint density at radius 1 is 1.13 bits per heavy atom. The van der Waals surface area contributed by atoms with Crippen molar-refractivity contribution in [2.45, 2.75) is 58.5 Å². The molecule has 2 heterocycles. The quantitative estimate of drug-likeness (QED) is 0.354. The molecule has 1 aromatic heterocycles. The number of hydrogen-bond donors (Lipinski definition) is 1. The maximum absolute atomic E-state index is 5.27. The van der Waals surface area contributed by atoms with Crippen LogP contribution in [0.1, 0.15) is 55.7 Å². The summed E-state index contributed by atoms with van der Waals surface area (Å²) in [5, 5.41) is 12.0. The largest absolute Gasteiger partial charge is 0.497 e. The van der Waals surface area contributed by atoms with Gasteiger partial charge in [-0.05, 0) is 49.3 Å². The van der Waals surface area contributed by atoms with Crippen LogP contribution in [0, 0.1) is 12.3 Å². The summed E-state index contributed by atoms with van der Waals surface area (Å²) >= 11 is 0. The van der Waals surface area contributed by atoms with Crippen LogP contribution in [0.25, 0.3) is 0 Å². The van der Waals surface area contributed by atoms with Gasteiger partial charge in [-0.15, -0.1) is 34.2 Å². The van der Waals surface area contributed by atoms with Crippen molar-refractivity contribution in [3.8, 4) is 5.75 Å². The molecule has 1 aliphatic heterocycles. The molecule has 0 radical (unpaired) electrons. The first-order valence-electron chi connectivity index (χ1n) is 11.1. The van der Waals surface area contributed by atoms with Gasteiger partial charge >= 0.3 is 0 Å². The highest BCUT2D eigenvalue weighted by Gasteiger charge is 2.39. The predicted molar refractivity (Wildman–Crippen MR) is 134 cm³/mol. The summed E-state index contributed by atoms with van der Waals surface area (Å²) in [6, 6.07) is 8.15. The number of rotatable bonds is 5. The minimum atomic E-state index is 0. The Labute approximate surface area is 202 Å². The molecule has 8 heteroatoms. The summed E-state index contributed by atoms with van der Waals surface area (Å²) in [7, 11) is 3.70. The van der Waals surface area contributed by atoms with Crippen molar-refractivity contribution in [2.75, 3.05) is 20.2 Å². The second-order valence-electron chi connectivity index (χ2n) is 8.80. The summed E-state index contributed by atoms with van der Waals surface area (Å²) < 4.78 is 7.30. The van der Waals surface area contributed by atoms with E-state index in [1.165, 1.54) is 44.1 Å². The molecule has 0 unspecified atom stereocenters. The van der Waals surface area contributed by atoms with Gasteiger partial charge < -0.3 is 19.5 Å². The second kappa shape index (κ2) is 10.7. The van der Waals surface area contributed by atoms with Gasteiger partial charge in [-0.3, -0.25) is 0 Å². The monoisotopic (exact) mass is 538 g/mol. The summed E-state index contributed by atoms with van der Waals surface area (Å²) in [4.78, 5) is 7.45. The standard InChI is InChI=1S/C23H34N6O.HI/c1-18-26-27-21(28(18)2)16-25-22(24-15-19-7-9-20(30-3)10-8-19)29-14-13-23(17-29)11-5-4-6-12-23;/h7-10H,4-6,11-17H2,1-3H3,(H,24,25);1H. The Kier molecular flexibility index (Phi) is 8.18. The summed E-state index contributed by atoms with van der Waals surface area (Å²) in [5.74, 6) is 3.70. The van der Waals surface area contributed by atoms with E-state index in [1.54, 1.807) is 7.11 Å². The molecular formula is C23H35IN6O. The molecule has 170 valence electrons. The number of guanidine groups is 1. The molecule has 4 rings (SSSR count). The highest BCUT2D eigenvalue weighted by atomic mass is 127. The van der Waals surface area contributed by atoms with Gasteiger partial charge in [0, 0.05) is 20.1 Å². The number of aromatic nitrogens is 3. The zero-order valence-corrected chi connectivity index (χ0v) is 21.3. The van der Waals surface area contributed by atoms with Crippen molar-refractivity contribution in [3.63, 3.8) is 0 Å². The first-order valence-corrected chi connectivity index (χ1v) is 11.1. The van der Waals surface area contributed by atoms with Gasteiger partial charge in [0.2, 0.25) is 0 Å². The molecule has 1 saturated carbocycles. The van der Waals surface area contributed by atoms with Crippen molar-refractivity contribution in [1.82, 2.24) is 25.0 Å². The van der Waals surface area contributed by atoms with Crippen molar-refractivity contribution in [3.05, 3.63) is 41.5 Å². The number of likely N-dealkylation sites (tertiary alicyclic amines) is 1. The van der Waals surface area contributed by atoms with E-state index in [0.717, 1.165) is 36.4 Å². The minimum absolute atomic E-state index is 0. The van der Waals surface area contributed by atoms with E-state index in [-0.39, 0.29) is 24.0 Å². The smallest absolute Gasteiger partial charge is 0.194 e. The Bertz CT molecular complexity index is 873. The molecule has 1 N–H and O–H groups in total. The summed E-state index contributed by atoms with van der Waals surface area (Å²) in [5.41, 5.74) is 1.67. The maximum Gasteiger partial charge on any atom is 0.194 e. The van der Waals surface area contributed by atoms with Crippen LogP contribution >= 0.6 is 24.0 Å². The number of methoxy groups -OCH3 is 1. The lowest BCUT2D eigenvalue weighted by atomic mass is 9.73. The Hall–Kier alpha value is -1.84. The SMILES string of the molecule is COc1ccc(CN=C(NCc2nnc(C)n2C)N2CCC3(CCCCC3)C2)cc1.I. The van der Waals surface area contributed by atoms with E-state index in [9.17, 15) is 0 Å². The maximum atomic E-state index is 5.27. The number of aliphatic imine (C=N–C) groups is 1. The van der Waals surface area contributed by atoms with Gasteiger partial charge in [0.05, 0.1) is 20.2 Å². The average molecular weight is 538 g/mol. The lowest BCUT2D eigenvalue weighted by Crippen LogP contribution is -2.41. The molecule has 1 saturated heterocycles. The van der Waals surface area contributed by atoms with Crippen molar-refractivity contribution in [2.24, 2.45) is 17.5 Å². The third-order valence-electron chi connectivity index (χ3n) is 6.81. The lowest BCUT2D eigenvalue weighted by molar-refractivity contribution is 0.203. The van der Waals surface area contributed by atoms with E-state index in [2.05, 4.69) is 32.5 Å². The number of nitrogens with one attached hydrogen (secondary N) is 1. The van der Waals surface area contributed by atoms with E-state index in [0.29, 0.717) is 18.5 Å². The Morgan fingerprint density at radius 2 is 1.87 bits per heavy atom. The molecule has 7 nitrogen and oxygen atoms in total. The van der Waals surface area contributed by atoms with Crippen LogP contribution in [0.15, 0.2) is 29.3 Å². The fourth-order valence-corrected chi connectivity index (χ4v) is 4.75. The van der Waals surface area contributed by atoms with Crippen molar-refractivity contribution >= 4 is 29.9 Å². The average Bonchev–Trinajstić information content (AvgIpc) is 3.32. The van der Waals surface area contributed by atoms with E-state index in [1.807, 2.05) is 30.7 Å². The number of halogens is 1. The second-order valence-corrected chi connectivity index (χ2v) is 8.80. The zero-order chi connectivity index (χ0) is 21.0. The van der Waals surface area contributed by atoms with E-state index >= 15 is 0 Å². The topological polar surface area (TPSA) is 67.6 Å². The van der Waals surface area contributed by atoms with Gasteiger partial charge in [0.1, 0.15) is 11.6 Å². The highest BCUT2D eigenvalue weighted by molar-refractivity contribution is 14.0. The normalized spacial score (nSPS) is 18.2. The van der Waals surface area contributed by atoms with E-state index < -0.39 is 0 Å².